The summed E-state index contributed by atoms with van der Waals surface area (Å²) in [6, 6.07) is 5.54. The molecule has 86 valence electrons. The predicted molar refractivity (Wildman–Crippen MR) is 63.8 cm³/mol. The van der Waals surface area contributed by atoms with Gasteiger partial charge in [-0.05, 0) is 32.0 Å². The van der Waals surface area contributed by atoms with E-state index >= 15 is 0 Å². The second kappa shape index (κ2) is 5.03. The Bertz CT molecular complexity index is 388. The van der Waals surface area contributed by atoms with Gasteiger partial charge in [-0.3, -0.25) is 0 Å². The molecule has 0 bridgehead atoms. The van der Waals surface area contributed by atoms with Crippen LogP contribution in [0.25, 0.3) is 0 Å². The van der Waals surface area contributed by atoms with E-state index in [0.717, 1.165) is 24.3 Å². The van der Waals surface area contributed by atoms with Gasteiger partial charge in [0.2, 0.25) is 0 Å². The van der Waals surface area contributed by atoms with E-state index < -0.39 is 0 Å². The largest absolute Gasteiger partial charge is 0.508 e. The highest BCUT2D eigenvalue weighted by atomic mass is 16.5. The fourth-order valence-corrected chi connectivity index (χ4v) is 1.88. The average Bonchev–Trinajstić information content (AvgIpc) is 2.67. The van der Waals surface area contributed by atoms with E-state index in [1.807, 2.05) is 13.0 Å². The first kappa shape index (κ1) is 11.0. The maximum absolute atomic E-state index is 9.32. The van der Waals surface area contributed by atoms with E-state index in [1.165, 1.54) is 0 Å². The Morgan fingerprint density at radius 1 is 1.56 bits per heavy atom. The van der Waals surface area contributed by atoms with Gasteiger partial charge in [-0.25, -0.2) is 0 Å². The molecule has 1 aliphatic rings. The molecule has 0 radical (unpaired) electrons. The third kappa shape index (κ3) is 2.36. The zero-order valence-corrected chi connectivity index (χ0v) is 9.44. The van der Waals surface area contributed by atoms with Crippen molar-refractivity contribution in [3.63, 3.8) is 0 Å². The lowest BCUT2D eigenvalue weighted by Gasteiger charge is -2.10. The highest BCUT2D eigenvalue weighted by Crippen LogP contribution is 2.34. The van der Waals surface area contributed by atoms with Crippen LogP contribution in [0.3, 0.4) is 0 Å². The molecule has 0 fully saturated rings. The number of aromatic hydroxyl groups is 1. The van der Waals surface area contributed by atoms with Gasteiger partial charge in [0.1, 0.15) is 18.1 Å². The number of phenolic OH excluding ortho intramolecular Hbond substituents is 1. The van der Waals surface area contributed by atoms with Crippen LogP contribution >= 0.6 is 0 Å². The van der Waals surface area contributed by atoms with Crippen LogP contribution < -0.4 is 10.1 Å². The summed E-state index contributed by atoms with van der Waals surface area (Å²) >= 11 is 0. The Kier molecular flexibility index (Phi) is 3.47. The minimum Gasteiger partial charge on any atom is -0.508 e. The van der Waals surface area contributed by atoms with Crippen LogP contribution in [0.2, 0.25) is 0 Å². The molecule has 1 aromatic rings. The lowest BCUT2D eigenvalue weighted by molar-refractivity contribution is 0.311. The highest BCUT2D eigenvalue weighted by Gasteiger charge is 2.23. The van der Waals surface area contributed by atoms with E-state index in [-0.39, 0.29) is 11.8 Å². The number of fused-ring (bicyclic) bond motifs is 1. The Labute approximate surface area is 95.7 Å². The average molecular weight is 219 g/mol. The number of hydrogen-bond donors (Lipinski definition) is 2. The lowest BCUT2D eigenvalue weighted by Crippen LogP contribution is -2.23. The highest BCUT2D eigenvalue weighted by molar-refractivity contribution is 5.44. The molecule has 0 amide bonds. The van der Waals surface area contributed by atoms with Gasteiger partial charge < -0.3 is 15.2 Å². The lowest BCUT2D eigenvalue weighted by atomic mass is 10.1. The Hall–Kier alpha value is -1.48. The molecule has 2 rings (SSSR count). The second-order valence-corrected chi connectivity index (χ2v) is 3.90. The zero-order chi connectivity index (χ0) is 11.4. The number of ether oxygens (including phenoxy) is 1. The van der Waals surface area contributed by atoms with Gasteiger partial charge >= 0.3 is 0 Å². The first-order valence-corrected chi connectivity index (χ1v) is 5.61. The number of phenols is 1. The maximum Gasteiger partial charge on any atom is 0.127 e. The molecule has 1 heterocycles. The monoisotopic (exact) mass is 219 g/mol. The molecule has 1 aromatic carbocycles. The summed E-state index contributed by atoms with van der Waals surface area (Å²) in [6.07, 6.45) is 5.22. The number of benzene rings is 1. The van der Waals surface area contributed by atoms with Gasteiger partial charge in [-0.2, -0.15) is 0 Å². The van der Waals surface area contributed by atoms with Crippen LogP contribution in [-0.2, 0) is 0 Å². The van der Waals surface area contributed by atoms with Crippen LogP contribution in [0, 0.1) is 0 Å². The summed E-state index contributed by atoms with van der Waals surface area (Å²) in [7, 11) is 0. The fraction of sp³-hybridized carbons (Fsp3) is 0.385. The number of nitrogens with one attached hydrogen (secondary N) is 1. The van der Waals surface area contributed by atoms with E-state index in [1.54, 1.807) is 12.1 Å². The molecule has 0 aromatic heterocycles. The minimum absolute atomic E-state index is 0.251. The van der Waals surface area contributed by atoms with Crippen LogP contribution in [0.15, 0.2) is 30.4 Å². The van der Waals surface area contributed by atoms with Crippen LogP contribution in [-0.4, -0.2) is 18.3 Å². The molecule has 1 atom stereocenters. The Morgan fingerprint density at radius 3 is 3.25 bits per heavy atom. The topological polar surface area (TPSA) is 41.5 Å². The van der Waals surface area contributed by atoms with E-state index in [4.69, 9.17) is 4.74 Å². The van der Waals surface area contributed by atoms with Gasteiger partial charge in [0.05, 0.1) is 6.04 Å². The molecule has 16 heavy (non-hydrogen) atoms. The summed E-state index contributed by atoms with van der Waals surface area (Å²) in [5.74, 6) is 1.05. The van der Waals surface area contributed by atoms with Crippen molar-refractivity contribution < 1.29 is 9.84 Å². The number of rotatable bonds is 4. The molecule has 0 spiro atoms. The molecule has 0 saturated heterocycles. The molecule has 3 nitrogen and oxygen atoms in total. The quantitative estimate of drug-likeness (QED) is 0.603. The maximum atomic E-state index is 9.32. The van der Waals surface area contributed by atoms with E-state index in [2.05, 4.69) is 17.5 Å². The van der Waals surface area contributed by atoms with Crippen molar-refractivity contribution >= 4 is 0 Å². The van der Waals surface area contributed by atoms with Gasteiger partial charge in [0.25, 0.3) is 0 Å². The van der Waals surface area contributed by atoms with Crippen molar-refractivity contribution in [1.82, 2.24) is 5.32 Å². The molecule has 1 aliphatic heterocycles. The van der Waals surface area contributed by atoms with Gasteiger partial charge in [0.15, 0.2) is 0 Å². The summed E-state index contributed by atoms with van der Waals surface area (Å²) < 4.78 is 5.51. The van der Waals surface area contributed by atoms with Crippen molar-refractivity contribution in [2.75, 3.05) is 13.2 Å². The van der Waals surface area contributed by atoms with Crippen molar-refractivity contribution in [1.29, 1.82) is 0 Å². The third-order valence-corrected chi connectivity index (χ3v) is 2.72. The van der Waals surface area contributed by atoms with Crippen molar-refractivity contribution in [2.45, 2.75) is 19.4 Å². The SMILES string of the molecule is C/C=C/CCNC1COc2cc(O)ccc21. The summed E-state index contributed by atoms with van der Waals surface area (Å²) in [6.45, 7) is 3.62. The molecule has 2 N–H and O–H groups in total. The van der Waals surface area contributed by atoms with E-state index in [0.29, 0.717) is 6.61 Å². The fourth-order valence-electron chi connectivity index (χ4n) is 1.88. The third-order valence-electron chi connectivity index (χ3n) is 2.72. The van der Waals surface area contributed by atoms with Crippen molar-refractivity contribution in [3.05, 3.63) is 35.9 Å². The smallest absolute Gasteiger partial charge is 0.127 e. The van der Waals surface area contributed by atoms with Crippen LogP contribution in [0.4, 0.5) is 0 Å². The first-order valence-electron chi connectivity index (χ1n) is 5.61. The summed E-state index contributed by atoms with van der Waals surface area (Å²) in [4.78, 5) is 0. The Balaban J connectivity index is 1.95. The van der Waals surface area contributed by atoms with Crippen LogP contribution in [0.1, 0.15) is 24.9 Å². The molecule has 3 heteroatoms. The number of allylic oxidation sites excluding steroid dienone is 1. The summed E-state index contributed by atoms with van der Waals surface area (Å²) in [5, 5.41) is 12.8. The standard InChI is InChI=1S/C13H17NO2/c1-2-3-4-7-14-12-9-16-13-8-10(15)5-6-11(12)13/h2-3,5-6,8,12,14-15H,4,7,9H2,1H3/b3-2+. The predicted octanol–water partition coefficient (Wildman–Crippen LogP) is 2.38. The number of hydrogen-bond acceptors (Lipinski definition) is 3. The first-order chi connectivity index (χ1) is 7.81. The Morgan fingerprint density at radius 2 is 2.44 bits per heavy atom. The second-order valence-electron chi connectivity index (χ2n) is 3.90. The minimum atomic E-state index is 0.251. The van der Waals surface area contributed by atoms with Gasteiger partial charge in [-0.1, -0.05) is 12.2 Å². The molecule has 0 saturated carbocycles. The molecular formula is C13H17NO2. The van der Waals surface area contributed by atoms with Crippen LogP contribution in [0.5, 0.6) is 11.5 Å². The zero-order valence-electron chi connectivity index (χ0n) is 9.44. The normalized spacial score (nSPS) is 18.7. The molecule has 0 aliphatic carbocycles. The van der Waals surface area contributed by atoms with Crippen molar-refractivity contribution in [2.24, 2.45) is 0 Å². The van der Waals surface area contributed by atoms with Gasteiger partial charge in [-0.15, -0.1) is 0 Å². The van der Waals surface area contributed by atoms with E-state index in [9.17, 15) is 5.11 Å². The van der Waals surface area contributed by atoms with Crippen molar-refractivity contribution in [3.8, 4) is 11.5 Å². The molecule has 1 unspecified atom stereocenters. The summed E-state index contributed by atoms with van der Waals surface area (Å²) in [5.41, 5.74) is 1.14. The van der Waals surface area contributed by atoms with Gasteiger partial charge in [0, 0.05) is 11.6 Å². The molecular weight excluding hydrogens is 202 g/mol.